The Hall–Kier alpha value is -0.220. The van der Waals surface area contributed by atoms with Crippen LogP contribution in [0.25, 0.3) is 0 Å². The van der Waals surface area contributed by atoms with Gasteiger partial charge in [0.15, 0.2) is 0 Å². The van der Waals surface area contributed by atoms with Crippen LogP contribution in [-0.2, 0) is 4.79 Å². The lowest BCUT2D eigenvalue weighted by Crippen LogP contribution is -2.43. The zero-order valence-electron chi connectivity index (χ0n) is 8.66. The van der Waals surface area contributed by atoms with Crippen LogP contribution in [0.4, 0.5) is 0 Å². The SMILES string of the molecule is CSCC(=O)N1C2CCNCC1CC2. The first-order valence-electron chi connectivity index (χ1n) is 5.33. The second kappa shape index (κ2) is 4.53. The highest BCUT2D eigenvalue weighted by Crippen LogP contribution is 2.28. The van der Waals surface area contributed by atoms with Crippen LogP contribution in [0.3, 0.4) is 0 Å². The number of amides is 1. The number of fused-ring (bicyclic) bond motifs is 2. The molecule has 0 aromatic rings. The van der Waals surface area contributed by atoms with Crippen molar-refractivity contribution in [2.75, 3.05) is 25.1 Å². The molecule has 2 saturated heterocycles. The molecule has 0 saturated carbocycles. The first-order valence-corrected chi connectivity index (χ1v) is 6.73. The van der Waals surface area contributed by atoms with Gasteiger partial charge in [-0.2, -0.15) is 11.8 Å². The van der Waals surface area contributed by atoms with E-state index in [9.17, 15) is 4.79 Å². The summed E-state index contributed by atoms with van der Waals surface area (Å²) in [5, 5.41) is 3.40. The van der Waals surface area contributed by atoms with Gasteiger partial charge >= 0.3 is 0 Å². The Bertz CT molecular complexity index is 208. The number of nitrogens with one attached hydrogen (secondary N) is 1. The van der Waals surface area contributed by atoms with Gasteiger partial charge in [-0.1, -0.05) is 0 Å². The van der Waals surface area contributed by atoms with Gasteiger partial charge in [-0.25, -0.2) is 0 Å². The molecule has 4 heteroatoms. The molecule has 2 bridgehead atoms. The molecule has 2 aliphatic rings. The second-order valence-corrected chi connectivity index (χ2v) is 4.98. The van der Waals surface area contributed by atoms with Gasteiger partial charge in [-0.15, -0.1) is 0 Å². The minimum atomic E-state index is 0.341. The molecule has 0 spiro atoms. The molecule has 0 aromatic heterocycles. The number of hydrogen-bond acceptors (Lipinski definition) is 3. The number of carbonyl (C=O) groups excluding carboxylic acids is 1. The van der Waals surface area contributed by atoms with Crippen LogP contribution in [0.15, 0.2) is 0 Å². The third kappa shape index (κ3) is 1.91. The van der Waals surface area contributed by atoms with E-state index < -0.39 is 0 Å². The van der Waals surface area contributed by atoms with Crippen LogP contribution in [-0.4, -0.2) is 48.0 Å². The highest BCUT2D eigenvalue weighted by molar-refractivity contribution is 7.99. The van der Waals surface area contributed by atoms with Crippen LogP contribution >= 0.6 is 11.8 Å². The Kier molecular flexibility index (Phi) is 3.34. The predicted molar refractivity (Wildman–Crippen MR) is 59.5 cm³/mol. The molecule has 0 aliphatic carbocycles. The van der Waals surface area contributed by atoms with Crippen molar-refractivity contribution in [2.45, 2.75) is 31.3 Å². The molecule has 1 N–H and O–H groups in total. The number of hydrogen-bond donors (Lipinski definition) is 1. The van der Waals surface area contributed by atoms with Crippen LogP contribution < -0.4 is 5.32 Å². The lowest BCUT2D eigenvalue weighted by atomic mass is 10.1. The fourth-order valence-corrected chi connectivity index (χ4v) is 2.98. The van der Waals surface area contributed by atoms with Gasteiger partial charge in [0.25, 0.3) is 0 Å². The van der Waals surface area contributed by atoms with Crippen molar-refractivity contribution in [1.29, 1.82) is 0 Å². The predicted octanol–water partition coefficient (Wildman–Crippen LogP) is 0.702. The third-order valence-electron chi connectivity index (χ3n) is 3.21. The summed E-state index contributed by atoms with van der Waals surface area (Å²) in [6, 6.07) is 0.997. The first kappa shape index (κ1) is 10.3. The fraction of sp³-hybridized carbons (Fsp3) is 0.900. The van der Waals surface area contributed by atoms with E-state index in [2.05, 4.69) is 10.2 Å². The number of rotatable bonds is 2. The summed E-state index contributed by atoms with van der Waals surface area (Å²) in [5.74, 6) is 0.987. The van der Waals surface area contributed by atoms with Crippen molar-refractivity contribution in [3.8, 4) is 0 Å². The van der Waals surface area contributed by atoms with E-state index in [4.69, 9.17) is 0 Å². The molecule has 2 rings (SSSR count). The minimum absolute atomic E-state index is 0.341. The largest absolute Gasteiger partial charge is 0.335 e. The molecule has 1 amide bonds. The molecular formula is C10H18N2OS. The first-order chi connectivity index (χ1) is 6.83. The monoisotopic (exact) mass is 214 g/mol. The van der Waals surface area contributed by atoms with Crippen molar-refractivity contribution in [3.05, 3.63) is 0 Å². The Morgan fingerprint density at radius 2 is 2.21 bits per heavy atom. The average Bonchev–Trinajstić information content (AvgIpc) is 2.40. The summed E-state index contributed by atoms with van der Waals surface area (Å²) >= 11 is 1.63. The van der Waals surface area contributed by atoms with E-state index >= 15 is 0 Å². The van der Waals surface area contributed by atoms with Crippen molar-refractivity contribution >= 4 is 17.7 Å². The number of nitrogens with zero attached hydrogens (tertiary/aromatic N) is 1. The second-order valence-electron chi connectivity index (χ2n) is 4.11. The van der Waals surface area contributed by atoms with Crippen LogP contribution in [0.2, 0.25) is 0 Å². The maximum absolute atomic E-state index is 11.9. The topological polar surface area (TPSA) is 32.3 Å². The van der Waals surface area contributed by atoms with Gasteiger partial charge in [0, 0.05) is 18.6 Å². The Labute approximate surface area is 89.6 Å². The Balaban J connectivity index is 2.05. The minimum Gasteiger partial charge on any atom is -0.335 e. The van der Waals surface area contributed by atoms with Crippen LogP contribution in [0.1, 0.15) is 19.3 Å². The zero-order chi connectivity index (χ0) is 9.97. The van der Waals surface area contributed by atoms with Crippen molar-refractivity contribution in [3.63, 3.8) is 0 Å². The van der Waals surface area contributed by atoms with E-state index in [0.29, 0.717) is 23.7 Å². The smallest absolute Gasteiger partial charge is 0.233 e. The molecule has 0 radical (unpaired) electrons. The summed E-state index contributed by atoms with van der Waals surface area (Å²) < 4.78 is 0. The maximum atomic E-state index is 11.9. The van der Waals surface area contributed by atoms with Gasteiger partial charge in [0.05, 0.1) is 5.75 Å². The quantitative estimate of drug-likeness (QED) is 0.734. The van der Waals surface area contributed by atoms with Crippen LogP contribution in [0, 0.1) is 0 Å². The molecule has 14 heavy (non-hydrogen) atoms. The van der Waals surface area contributed by atoms with E-state index in [1.54, 1.807) is 11.8 Å². The molecular weight excluding hydrogens is 196 g/mol. The summed E-state index contributed by atoms with van der Waals surface area (Å²) in [5.41, 5.74) is 0. The fourth-order valence-electron chi connectivity index (χ4n) is 2.59. The molecule has 2 atom stereocenters. The number of thioether (sulfide) groups is 1. The summed E-state index contributed by atoms with van der Waals surface area (Å²) in [4.78, 5) is 14.0. The molecule has 2 heterocycles. The van der Waals surface area contributed by atoms with E-state index in [0.717, 1.165) is 19.5 Å². The summed E-state index contributed by atoms with van der Waals surface area (Å²) in [6.45, 7) is 2.07. The molecule has 80 valence electrons. The van der Waals surface area contributed by atoms with Gasteiger partial charge in [0.1, 0.15) is 0 Å². The van der Waals surface area contributed by atoms with Gasteiger partial charge in [0.2, 0.25) is 5.91 Å². The zero-order valence-corrected chi connectivity index (χ0v) is 9.48. The molecule has 3 nitrogen and oxygen atoms in total. The Morgan fingerprint density at radius 3 is 3.00 bits per heavy atom. The average molecular weight is 214 g/mol. The lowest BCUT2D eigenvalue weighted by molar-refractivity contribution is -0.130. The van der Waals surface area contributed by atoms with Gasteiger partial charge in [-0.3, -0.25) is 4.79 Å². The van der Waals surface area contributed by atoms with Crippen molar-refractivity contribution in [2.24, 2.45) is 0 Å². The van der Waals surface area contributed by atoms with Gasteiger partial charge < -0.3 is 10.2 Å². The molecule has 2 fully saturated rings. The molecule has 2 aliphatic heterocycles. The highest BCUT2D eigenvalue weighted by Gasteiger charge is 2.37. The highest BCUT2D eigenvalue weighted by atomic mass is 32.2. The van der Waals surface area contributed by atoms with Crippen molar-refractivity contribution in [1.82, 2.24) is 10.2 Å². The third-order valence-corrected chi connectivity index (χ3v) is 3.75. The Morgan fingerprint density at radius 1 is 1.43 bits per heavy atom. The summed E-state index contributed by atoms with van der Waals surface area (Å²) in [6.07, 6.45) is 5.54. The maximum Gasteiger partial charge on any atom is 0.233 e. The molecule has 0 aromatic carbocycles. The van der Waals surface area contributed by atoms with Gasteiger partial charge in [-0.05, 0) is 32.1 Å². The van der Waals surface area contributed by atoms with E-state index in [-0.39, 0.29) is 0 Å². The standard InChI is InChI=1S/C10H18N2OS/c1-14-7-10(13)12-8-2-3-9(12)6-11-5-4-8/h8-9,11H,2-7H2,1H3. The molecule has 2 unspecified atom stereocenters. The van der Waals surface area contributed by atoms with Crippen LogP contribution in [0.5, 0.6) is 0 Å². The van der Waals surface area contributed by atoms with E-state index in [1.807, 2.05) is 6.26 Å². The van der Waals surface area contributed by atoms with Crippen molar-refractivity contribution < 1.29 is 4.79 Å². The van der Waals surface area contributed by atoms with E-state index in [1.165, 1.54) is 12.8 Å². The lowest BCUT2D eigenvalue weighted by Gasteiger charge is -2.27. The number of carbonyl (C=O) groups is 1. The normalized spacial score (nSPS) is 31.6. The summed E-state index contributed by atoms with van der Waals surface area (Å²) in [7, 11) is 0.